The zero-order valence-electron chi connectivity index (χ0n) is 18.3. The number of methoxy groups -OCH3 is 1. The predicted octanol–water partition coefficient (Wildman–Crippen LogP) is 3.24. The number of carbonyl (C=O) groups is 1. The predicted molar refractivity (Wildman–Crippen MR) is 126 cm³/mol. The summed E-state index contributed by atoms with van der Waals surface area (Å²) >= 11 is 5.61. The van der Waals surface area contributed by atoms with Crippen LogP contribution in [0, 0.1) is 13.8 Å². The molecule has 166 valence electrons. The molecule has 7 nitrogen and oxygen atoms in total. The first-order chi connectivity index (χ1) is 15.5. The smallest absolute Gasteiger partial charge is 0.337 e. The van der Waals surface area contributed by atoms with Gasteiger partial charge in [-0.3, -0.25) is 4.98 Å². The highest BCUT2D eigenvalue weighted by atomic mass is 32.1. The number of aromatic nitrogens is 2. The molecule has 3 aromatic rings. The summed E-state index contributed by atoms with van der Waals surface area (Å²) < 4.78 is 6.96. The highest BCUT2D eigenvalue weighted by Gasteiger charge is 2.41. The van der Waals surface area contributed by atoms with Crippen molar-refractivity contribution in [1.82, 2.24) is 19.8 Å². The number of thiocarbonyl (C=S) groups is 1. The van der Waals surface area contributed by atoms with E-state index in [1.165, 1.54) is 7.11 Å². The number of ether oxygens (including phenoxy) is 1. The number of rotatable bonds is 6. The van der Waals surface area contributed by atoms with E-state index < -0.39 is 0 Å². The van der Waals surface area contributed by atoms with E-state index >= 15 is 0 Å². The zero-order valence-corrected chi connectivity index (χ0v) is 19.1. The molecule has 1 fully saturated rings. The average molecular weight is 451 g/mol. The first kappa shape index (κ1) is 22.0. The van der Waals surface area contributed by atoms with Crippen LogP contribution in [0.4, 0.5) is 0 Å². The summed E-state index contributed by atoms with van der Waals surface area (Å²) in [6.45, 7) is 4.56. The lowest BCUT2D eigenvalue weighted by molar-refractivity contribution is 0.0600. The molecule has 0 unspecified atom stereocenters. The maximum Gasteiger partial charge on any atom is 0.337 e. The summed E-state index contributed by atoms with van der Waals surface area (Å²) in [6, 6.07) is 15.1. The van der Waals surface area contributed by atoms with Gasteiger partial charge in [0.1, 0.15) is 0 Å². The SMILES string of the molecule is COC(=O)c1ccc(-n2c(C)cc([C@H]3[C@@H](c4ccccn4)NC(=S)N3CCO)c2C)cc1. The molecule has 1 aliphatic rings. The number of aliphatic hydroxyl groups excluding tert-OH is 1. The third kappa shape index (κ3) is 3.87. The van der Waals surface area contributed by atoms with Gasteiger partial charge in [-0.15, -0.1) is 0 Å². The van der Waals surface area contributed by atoms with Gasteiger partial charge in [0.15, 0.2) is 5.11 Å². The Hall–Kier alpha value is -3.23. The third-order valence-electron chi connectivity index (χ3n) is 5.87. The number of nitrogens with one attached hydrogen (secondary N) is 1. The van der Waals surface area contributed by atoms with Gasteiger partial charge in [-0.1, -0.05) is 6.07 Å². The van der Waals surface area contributed by atoms with Crippen LogP contribution >= 0.6 is 12.2 Å². The molecular weight excluding hydrogens is 424 g/mol. The molecular formula is C24H26N4O3S. The number of benzene rings is 1. The zero-order chi connectivity index (χ0) is 22.8. The van der Waals surface area contributed by atoms with Crippen molar-refractivity contribution in [1.29, 1.82) is 0 Å². The lowest BCUT2D eigenvalue weighted by atomic mass is 9.97. The van der Waals surface area contributed by atoms with Crippen molar-refractivity contribution < 1.29 is 14.6 Å². The molecule has 0 radical (unpaired) electrons. The van der Waals surface area contributed by atoms with Crippen molar-refractivity contribution in [3.8, 4) is 5.69 Å². The molecule has 8 heteroatoms. The van der Waals surface area contributed by atoms with Crippen LogP contribution in [-0.4, -0.2) is 50.9 Å². The van der Waals surface area contributed by atoms with E-state index in [2.05, 4.69) is 34.8 Å². The Morgan fingerprint density at radius 2 is 1.97 bits per heavy atom. The second-order valence-corrected chi connectivity index (χ2v) is 8.13. The van der Waals surface area contributed by atoms with Crippen molar-refractivity contribution >= 4 is 23.3 Å². The topological polar surface area (TPSA) is 79.6 Å². The van der Waals surface area contributed by atoms with E-state index in [0.717, 1.165) is 28.3 Å². The minimum atomic E-state index is -0.360. The van der Waals surface area contributed by atoms with Crippen molar-refractivity contribution in [2.45, 2.75) is 25.9 Å². The molecule has 0 amide bonds. The highest BCUT2D eigenvalue weighted by molar-refractivity contribution is 7.80. The normalized spacial score (nSPS) is 18.0. The summed E-state index contributed by atoms with van der Waals surface area (Å²) in [5.74, 6) is -0.360. The van der Waals surface area contributed by atoms with E-state index in [0.29, 0.717) is 17.2 Å². The van der Waals surface area contributed by atoms with Crippen molar-refractivity contribution in [3.63, 3.8) is 0 Å². The Balaban J connectivity index is 1.78. The number of esters is 1. The first-order valence-electron chi connectivity index (χ1n) is 10.4. The molecule has 3 heterocycles. The number of carbonyl (C=O) groups excluding carboxylic acids is 1. The Labute approximate surface area is 192 Å². The minimum Gasteiger partial charge on any atom is -0.465 e. The quantitative estimate of drug-likeness (QED) is 0.441. The van der Waals surface area contributed by atoms with Gasteiger partial charge in [0.05, 0.1) is 37.1 Å². The highest BCUT2D eigenvalue weighted by Crippen LogP contribution is 2.41. The molecule has 1 aliphatic heterocycles. The Bertz CT molecular complexity index is 1130. The average Bonchev–Trinajstić information content (AvgIpc) is 3.29. The number of β-amino-alcohol motifs (C(OH)–C–C–N with tert-alkyl or cyclic N) is 1. The second kappa shape index (κ2) is 9.10. The molecule has 0 aliphatic carbocycles. The van der Waals surface area contributed by atoms with Crippen LogP contribution in [0.5, 0.6) is 0 Å². The summed E-state index contributed by atoms with van der Waals surface area (Å²) in [6.07, 6.45) is 1.78. The van der Waals surface area contributed by atoms with E-state index in [-0.39, 0.29) is 24.7 Å². The number of hydrogen-bond acceptors (Lipinski definition) is 5. The van der Waals surface area contributed by atoms with Crippen LogP contribution in [0.1, 0.15) is 45.1 Å². The molecule has 32 heavy (non-hydrogen) atoms. The Morgan fingerprint density at radius 1 is 1.22 bits per heavy atom. The van der Waals surface area contributed by atoms with Crippen molar-refractivity contribution in [2.24, 2.45) is 0 Å². The summed E-state index contributed by atoms with van der Waals surface area (Å²) in [5.41, 5.74) is 5.59. The molecule has 2 N–H and O–H groups in total. The van der Waals surface area contributed by atoms with Gasteiger partial charge in [-0.2, -0.15) is 0 Å². The summed E-state index contributed by atoms with van der Waals surface area (Å²) in [5, 5.41) is 13.7. The maximum absolute atomic E-state index is 11.8. The monoisotopic (exact) mass is 450 g/mol. The van der Waals surface area contributed by atoms with E-state index in [1.807, 2.05) is 35.2 Å². The minimum absolute atomic E-state index is 0.000979. The standard InChI is InChI=1S/C24H26N4O3S/c1-15-14-19(16(2)28(15)18-9-7-17(8-10-18)23(30)31-3)22-21(20-6-4-5-11-25-20)26-24(32)27(22)12-13-29/h4-11,14,21-22,29H,12-13H2,1-3H3,(H,26,32)/t21-,22+/m1/s1. The lowest BCUT2D eigenvalue weighted by Gasteiger charge is -2.27. The van der Waals surface area contributed by atoms with Crippen LogP contribution in [0.25, 0.3) is 5.69 Å². The van der Waals surface area contributed by atoms with Gasteiger partial charge < -0.3 is 24.6 Å². The lowest BCUT2D eigenvalue weighted by Crippen LogP contribution is -2.32. The fraction of sp³-hybridized carbons (Fsp3) is 0.292. The summed E-state index contributed by atoms with van der Waals surface area (Å²) in [7, 11) is 1.37. The molecule has 0 spiro atoms. The first-order valence-corrected chi connectivity index (χ1v) is 10.8. The van der Waals surface area contributed by atoms with E-state index in [4.69, 9.17) is 17.0 Å². The van der Waals surface area contributed by atoms with Crippen LogP contribution < -0.4 is 5.32 Å². The molecule has 2 aromatic heterocycles. The third-order valence-corrected chi connectivity index (χ3v) is 6.23. The van der Waals surface area contributed by atoms with Crippen LogP contribution in [0.3, 0.4) is 0 Å². The van der Waals surface area contributed by atoms with Crippen molar-refractivity contribution in [3.05, 3.63) is 82.9 Å². The number of nitrogens with zero attached hydrogens (tertiary/aromatic N) is 3. The number of hydrogen-bond donors (Lipinski definition) is 2. The summed E-state index contributed by atoms with van der Waals surface area (Å²) in [4.78, 5) is 18.4. The number of aryl methyl sites for hydroxylation is 1. The van der Waals surface area contributed by atoms with Gasteiger partial charge in [0.25, 0.3) is 0 Å². The molecule has 4 rings (SSSR count). The van der Waals surface area contributed by atoms with Crippen LogP contribution in [0.15, 0.2) is 54.7 Å². The fourth-order valence-corrected chi connectivity index (χ4v) is 4.77. The van der Waals surface area contributed by atoms with E-state index in [1.54, 1.807) is 18.3 Å². The number of pyridine rings is 1. The van der Waals surface area contributed by atoms with Gasteiger partial charge in [0, 0.05) is 29.8 Å². The molecule has 0 saturated carbocycles. The molecule has 0 bridgehead atoms. The number of aliphatic hydroxyl groups is 1. The Kier molecular flexibility index (Phi) is 6.25. The van der Waals surface area contributed by atoms with E-state index in [9.17, 15) is 9.90 Å². The van der Waals surface area contributed by atoms with Gasteiger partial charge >= 0.3 is 5.97 Å². The van der Waals surface area contributed by atoms with Crippen LogP contribution in [-0.2, 0) is 4.74 Å². The molecule has 1 aromatic carbocycles. The molecule has 1 saturated heterocycles. The fourth-order valence-electron chi connectivity index (χ4n) is 4.44. The van der Waals surface area contributed by atoms with Crippen molar-refractivity contribution in [2.75, 3.05) is 20.3 Å². The Morgan fingerprint density at radius 3 is 2.59 bits per heavy atom. The van der Waals surface area contributed by atoms with Gasteiger partial charge in [-0.05, 0) is 74.1 Å². The molecule has 2 atom stereocenters. The largest absolute Gasteiger partial charge is 0.465 e. The maximum atomic E-state index is 11.8. The second-order valence-electron chi connectivity index (χ2n) is 7.74. The van der Waals surface area contributed by atoms with Gasteiger partial charge in [-0.25, -0.2) is 4.79 Å². The van der Waals surface area contributed by atoms with Gasteiger partial charge in [0.2, 0.25) is 0 Å². The van der Waals surface area contributed by atoms with Crippen LogP contribution in [0.2, 0.25) is 0 Å².